The van der Waals surface area contributed by atoms with E-state index in [0.29, 0.717) is 19.4 Å². The summed E-state index contributed by atoms with van der Waals surface area (Å²) in [5.41, 5.74) is -1.36. The number of H-pyrrole nitrogens is 1. The number of alkyl carbamates (subject to hydrolysis) is 1. The molecule has 3 rings (SSSR count). The molecule has 1 aliphatic heterocycles. The van der Waals surface area contributed by atoms with Gasteiger partial charge in [-0.25, -0.2) is 9.78 Å². The van der Waals surface area contributed by atoms with Crippen molar-refractivity contribution in [3.05, 3.63) is 18.0 Å². The number of anilines is 2. The molecule has 0 radical (unpaired) electrons. The molecule has 188 valence electrons. The molecule has 1 saturated heterocycles. The zero-order chi connectivity index (χ0) is 25.3. The Bertz CT molecular complexity index is 1050. The number of fused-ring (bicyclic) bond motifs is 1. The first-order valence-electron chi connectivity index (χ1n) is 11.0. The number of amides is 2. The van der Waals surface area contributed by atoms with Crippen LogP contribution in [-0.2, 0) is 20.4 Å². The van der Waals surface area contributed by atoms with Gasteiger partial charge in [0.1, 0.15) is 17.4 Å². The number of ether oxygens (including phenoxy) is 2. The molecule has 0 saturated carbocycles. The highest BCUT2D eigenvalue weighted by Gasteiger charge is 2.39. The second kappa shape index (κ2) is 9.69. The maximum absolute atomic E-state index is 14.0. The van der Waals surface area contributed by atoms with Gasteiger partial charge in [-0.15, -0.1) is 0 Å². The third-order valence-corrected chi connectivity index (χ3v) is 5.42. The summed E-state index contributed by atoms with van der Waals surface area (Å²) < 4.78 is 52.4. The Balaban J connectivity index is 1.99. The van der Waals surface area contributed by atoms with E-state index in [1.165, 1.54) is 20.2 Å². The Morgan fingerprint density at radius 1 is 1.29 bits per heavy atom. The summed E-state index contributed by atoms with van der Waals surface area (Å²) in [5.74, 6) is -0.505. The standard InChI is InChI=1S/C22H30F3N5O4/c1-12(33-5)19(31)29-15-10-27-18-16(15)17(14(9-26-18)22(23,24)25)30-8-6-7-13(11-30)28-20(32)34-21(2,3)4/h9-10,12-13H,6-8,11H2,1-5H3,(H,26,27)(H,28,32)(H,29,31)/t12-,13-/m1/s1. The summed E-state index contributed by atoms with van der Waals surface area (Å²) in [6, 6.07) is -0.418. The first-order valence-corrected chi connectivity index (χ1v) is 11.0. The third kappa shape index (κ3) is 5.91. The van der Waals surface area contributed by atoms with Crippen LogP contribution in [0.4, 0.5) is 29.3 Å². The Hall–Kier alpha value is -3.02. The van der Waals surface area contributed by atoms with E-state index in [0.717, 1.165) is 6.20 Å². The zero-order valence-electron chi connectivity index (χ0n) is 19.8. The van der Waals surface area contributed by atoms with Crippen molar-refractivity contribution in [1.82, 2.24) is 15.3 Å². The van der Waals surface area contributed by atoms with Crippen LogP contribution in [0.1, 0.15) is 46.1 Å². The average molecular weight is 486 g/mol. The van der Waals surface area contributed by atoms with E-state index in [1.807, 2.05) is 0 Å². The molecule has 0 aliphatic carbocycles. The number of carbonyl (C=O) groups excluding carboxylic acids is 2. The predicted molar refractivity (Wildman–Crippen MR) is 121 cm³/mol. The fourth-order valence-corrected chi connectivity index (χ4v) is 3.83. The number of rotatable bonds is 5. The minimum Gasteiger partial charge on any atom is -0.444 e. The van der Waals surface area contributed by atoms with Gasteiger partial charge in [-0.3, -0.25) is 4.79 Å². The van der Waals surface area contributed by atoms with Crippen LogP contribution in [0.3, 0.4) is 0 Å². The monoisotopic (exact) mass is 485 g/mol. The van der Waals surface area contributed by atoms with Gasteiger partial charge in [0.25, 0.3) is 5.91 Å². The van der Waals surface area contributed by atoms with Crippen molar-refractivity contribution in [2.24, 2.45) is 0 Å². The number of nitrogens with zero attached hydrogens (tertiary/aromatic N) is 2. The lowest BCUT2D eigenvalue weighted by molar-refractivity contribution is -0.137. The number of nitrogens with one attached hydrogen (secondary N) is 3. The fraction of sp³-hybridized carbons (Fsp3) is 0.591. The lowest BCUT2D eigenvalue weighted by atomic mass is 10.0. The number of halogens is 3. The number of methoxy groups -OCH3 is 1. The summed E-state index contributed by atoms with van der Waals surface area (Å²) in [4.78, 5) is 32.9. The molecule has 0 spiro atoms. The highest BCUT2D eigenvalue weighted by molar-refractivity contribution is 6.08. The zero-order valence-corrected chi connectivity index (χ0v) is 19.8. The van der Waals surface area contributed by atoms with E-state index >= 15 is 0 Å². The second-order valence-corrected chi connectivity index (χ2v) is 9.24. The van der Waals surface area contributed by atoms with Crippen molar-refractivity contribution < 1.29 is 32.2 Å². The van der Waals surface area contributed by atoms with E-state index in [-0.39, 0.29) is 29.0 Å². The van der Waals surface area contributed by atoms with Gasteiger partial charge in [-0.05, 0) is 40.5 Å². The molecule has 3 heterocycles. The van der Waals surface area contributed by atoms with Gasteiger partial charge in [0, 0.05) is 38.6 Å². The van der Waals surface area contributed by atoms with Crippen molar-refractivity contribution in [3.8, 4) is 0 Å². The lowest BCUT2D eigenvalue weighted by Gasteiger charge is -2.36. The number of carbonyl (C=O) groups is 2. The van der Waals surface area contributed by atoms with Crippen molar-refractivity contribution in [2.45, 2.75) is 64.5 Å². The third-order valence-electron chi connectivity index (χ3n) is 5.42. The van der Waals surface area contributed by atoms with Gasteiger partial charge in [-0.2, -0.15) is 13.2 Å². The van der Waals surface area contributed by atoms with E-state index in [2.05, 4.69) is 20.6 Å². The number of pyridine rings is 1. The number of hydrogen-bond donors (Lipinski definition) is 3. The fourth-order valence-electron chi connectivity index (χ4n) is 3.83. The Morgan fingerprint density at radius 2 is 2.00 bits per heavy atom. The number of alkyl halides is 3. The normalized spacial score (nSPS) is 18.0. The van der Waals surface area contributed by atoms with E-state index in [9.17, 15) is 22.8 Å². The molecule has 2 aromatic heterocycles. The van der Waals surface area contributed by atoms with Crippen LogP contribution in [0.5, 0.6) is 0 Å². The van der Waals surface area contributed by atoms with E-state index in [4.69, 9.17) is 9.47 Å². The molecule has 9 nitrogen and oxygen atoms in total. The van der Waals surface area contributed by atoms with Gasteiger partial charge >= 0.3 is 12.3 Å². The quantitative estimate of drug-likeness (QED) is 0.590. The van der Waals surface area contributed by atoms with Gasteiger partial charge in [0.15, 0.2) is 0 Å². The highest BCUT2D eigenvalue weighted by atomic mass is 19.4. The van der Waals surface area contributed by atoms with Crippen LogP contribution in [0.2, 0.25) is 0 Å². The van der Waals surface area contributed by atoms with E-state index < -0.39 is 41.5 Å². The average Bonchev–Trinajstić information content (AvgIpc) is 3.13. The van der Waals surface area contributed by atoms with Gasteiger partial charge in [0.05, 0.1) is 22.3 Å². The molecular formula is C22H30F3N5O4. The summed E-state index contributed by atoms with van der Waals surface area (Å²) in [6.07, 6.45) is -2.78. The lowest BCUT2D eigenvalue weighted by Crippen LogP contribution is -2.49. The molecule has 34 heavy (non-hydrogen) atoms. The molecule has 12 heteroatoms. The summed E-state index contributed by atoms with van der Waals surface area (Å²) in [5, 5.41) is 5.52. The second-order valence-electron chi connectivity index (χ2n) is 9.24. The summed E-state index contributed by atoms with van der Waals surface area (Å²) in [7, 11) is 1.36. The number of hydrogen-bond acceptors (Lipinski definition) is 6. The number of aromatic amines is 1. The van der Waals surface area contributed by atoms with Gasteiger partial charge < -0.3 is 30.0 Å². The first kappa shape index (κ1) is 25.6. The predicted octanol–water partition coefficient (Wildman–Crippen LogP) is 4.05. The smallest absolute Gasteiger partial charge is 0.419 e. The van der Waals surface area contributed by atoms with Crippen LogP contribution >= 0.6 is 0 Å². The van der Waals surface area contributed by atoms with Crippen LogP contribution in [0.15, 0.2) is 12.4 Å². The molecule has 2 aromatic rings. The number of aromatic nitrogens is 2. The van der Waals surface area contributed by atoms with Crippen LogP contribution < -0.4 is 15.5 Å². The largest absolute Gasteiger partial charge is 0.444 e. The Morgan fingerprint density at radius 3 is 2.62 bits per heavy atom. The number of piperidine rings is 1. The van der Waals surface area contributed by atoms with Crippen LogP contribution in [0, 0.1) is 0 Å². The minimum atomic E-state index is -4.68. The first-order chi connectivity index (χ1) is 15.8. The molecule has 2 atom stereocenters. The van der Waals surface area contributed by atoms with Gasteiger partial charge in [0.2, 0.25) is 0 Å². The molecule has 0 bridgehead atoms. The van der Waals surface area contributed by atoms with Crippen molar-refractivity contribution in [2.75, 3.05) is 30.4 Å². The SMILES string of the molecule is CO[C@H](C)C(=O)Nc1c[nH]c2ncc(C(F)(F)F)c(N3CCC[C@@H](NC(=O)OC(C)(C)C)C3)c12. The van der Waals surface area contributed by atoms with E-state index in [1.54, 1.807) is 25.7 Å². The molecule has 1 aliphatic rings. The van der Waals surface area contributed by atoms with Crippen molar-refractivity contribution in [3.63, 3.8) is 0 Å². The van der Waals surface area contributed by atoms with Crippen molar-refractivity contribution in [1.29, 1.82) is 0 Å². The summed E-state index contributed by atoms with van der Waals surface area (Å²) >= 11 is 0. The molecule has 1 fully saturated rings. The topological polar surface area (TPSA) is 109 Å². The molecule has 2 amide bonds. The molecule has 3 N–H and O–H groups in total. The van der Waals surface area contributed by atoms with Crippen LogP contribution in [-0.4, -0.2) is 59.9 Å². The minimum absolute atomic E-state index is 0.102. The van der Waals surface area contributed by atoms with Crippen LogP contribution in [0.25, 0.3) is 11.0 Å². The highest BCUT2D eigenvalue weighted by Crippen LogP contribution is 2.43. The Kier molecular flexibility index (Phi) is 7.29. The molecule has 0 unspecified atom stereocenters. The van der Waals surface area contributed by atoms with Crippen molar-refractivity contribution >= 4 is 34.4 Å². The van der Waals surface area contributed by atoms with Gasteiger partial charge in [-0.1, -0.05) is 0 Å². The maximum Gasteiger partial charge on any atom is 0.419 e. The maximum atomic E-state index is 14.0. The molecular weight excluding hydrogens is 455 g/mol. The Labute approximate surface area is 195 Å². The molecule has 0 aromatic carbocycles. The summed E-state index contributed by atoms with van der Waals surface area (Å²) in [6.45, 7) is 7.19.